The highest BCUT2D eigenvalue weighted by atomic mass is 16.8. The van der Waals surface area contributed by atoms with E-state index in [2.05, 4.69) is 0 Å². The van der Waals surface area contributed by atoms with Crippen LogP contribution in [0.25, 0.3) is 0 Å². The number of aryl methyl sites for hydroxylation is 1. The van der Waals surface area contributed by atoms with E-state index in [-0.39, 0.29) is 24.7 Å². The molecule has 3 aliphatic heterocycles. The second kappa shape index (κ2) is 14.5. The second-order valence-corrected chi connectivity index (χ2v) is 11.6. The Morgan fingerprint density at radius 3 is 2.28 bits per heavy atom. The van der Waals surface area contributed by atoms with Gasteiger partial charge in [0.2, 0.25) is 6.29 Å². The average Bonchev–Trinajstić information content (AvgIpc) is 3.59. The van der Waals surface area contributed by atoms with Crippen LogP contribution in [0.5, 0.6) is 23.0 Å². The van der Waals surface area contributed by atoms with Crippen LogP contribution in [-0.4, -0.2) is 137 Å². The van der Waals surface area contributed by atoms with E-state index in [0.717, 1.165) is 11.1 Å². The number of hydrogen-bond acceptors (Lipinski definition) is 15. The molecule has 15 nitrogen and oxygen atoms in total. The molecule has 46 heavy (non-hydrogen) atoms. The molecule has 3 heterocycles. The highest BCUT2D eigenvalue weighted by Crippen LogP contribution is 2.51. The largest absolute Gasteiger partial charge is 0.493 e. The lowest BCUT2D eigenvalue weighted by molar-refractivity contribution is -0.319. The summed E-state index contributed by atoms with van der Waals surface area (Å²) in [6.07, 6.45) is -10.2. The molecule has 10 unspecified atom stereocenters. The van der Waals surface area contributed by atoms with Gasteiger partial charge >= 0.3 is 0 Å². The van der Waals surface area contributed by atoms with Crippen LogP contribution in [0.2, 0.25) is 0 Å². The van der Waals surface area contributed by atoms with E-state index in [1.54, 1.807) is 18.2 Å². The van der Waals surface area contributed by atoms with E-state index in [1.165, 1.54) is 14.2 Å². The smallest absolute Gasteiger partial charge is 0.229 e. The lowest BCUT2D eigenvalue weighted by Gasteiger charge is -2.42. The van der Waals surface area contributed by atoms with Crippen LogP contribution in [0, 0.1) is 0 Å². The van der Waals surface area contributed by atoms with Crippen molar-refractivity contribution in [3.8, 4) is 23.0 Å². The number of aliphatic hydroxyl groups excluding tert-OH is 7. The predicted octanol–water partition coefficient (Wildman–Crippen LogP) is -1.52. The van der Waals surface area contributed by atoms with Crippen LogP contribution in [0.4, 0.5) is 0 Å². The first-order valence-corrected chi connectivity index (χ1v) is 15.0. The summed E-state index contributed by atoms with van der Waals surface area (Å²) in [5, 5.41) is 81.2. The van der Waals surface area contributed by atoms with Crippen LogP contribution in [-0.2, 0) is 20.6 Å². The molecule has 0 amide bonds. The highest BCUT2D eigenvalue weighted by molar-refractivity contribution is 5.56. The minimum absolute atomic E-state index is 0.0402. The van der Waals surface area contributed by atoms with E-state index < -0.39 is 80.5 Å². The zero-order valence-electron chi connectivity index (χ0n) is 25.5. The number of methoxy groups -OCH3 is 2. The summed E-state index contributed by atoms with van der Waals surface area (Å²) in [5.74, 6) is 0.878. The SMILES string of the molecule is COc1cc(C2Oc3c(OC)cc(CCCO)cc3C2CO)ccc1OC1OC(CO)C(O)C(O)C1OC1OCC(O)(CO)C1O. The molecule has 2 fully saturated rings. The van der Waals surface area contributed by atoms with Crippen molar-refractivity contribution in [2.45, 2.75) is 73.6 Å². The lowest BCUT2D eigenvalue weighted by atomic mass is 9.90. The van der Waals surface area contributed by atoms with Crippen molar-refractivity contribution in [3.05, 3.63) is 47.0 Å². The minimum atomic E-state index is -2.01. The van der Waals surface area contributed by atoms with Gasteiger partial charge < -0.3 is 74.0 Å². The summed E-state index contributed by atoms with van der Waals surface area (Å²) in [4.78, 5) is 0. The summed E-state index contributed by atoms with van der Waals surface area (Å²) in [5.41, 5.74) is 0.321. The standard InChI is InChI=1S/C31H42O15/c1-40-20-10-16(25-18(11-33)17-8-15(4-3-7-32)9-21(41-2)26(17)45-25)5-6-19(20)43-29-27(24(37)23(36)22(12-34)44-29)46-30-28(38)31(39,13-35)14-42-30/h5-6,8-10,18,22-25,27-30,32-39H,3-4,7,11-14H2,1-2H3. The molecule has 3 aliphatic rings. The fourth-order valence-electron chi connectivity index (χ4n) is 5.97. The normalized spacial score (nSPS) is 33.8. The first-order valence-electron chi connectivity index (χ1n) is 15.0. The number of aliphatic hydroxyl groups is 8. The molecule has 8 N–H and O–H groups in total. The quantitative estimate of drug-likeness (QED) is 0.123. The van der Waals surface area contributed by atoms with Gasteiger partial charge in [-0.3, -0.25) is 0 Å². The minimum Gasteiger partial charge on any atom is -0.493 e. The number of benzene rings is 2. The zero-order chi connectivity index (χ0) is 33.2. The maximum atomic E-state index is 10.9. The van der Waals surface area contributed by atoms with Gasteiger partial charge in [0, 0.05) is 12.2 Å². The van der Waals surface area contributed by atoms with E-state index in [9.17, 15) is 40.9 Å². The number of fused-ring (bicyclic) bond motifs is 1. The van der Waals surface area contributed by atoms with Crippen molar-refractivity contribution in [1.82, 2.24) is 0 Å². The van der Waals surface area contributed by atoms with Crippen LogP contribution < -0.4 is 18.9 Å². The summed E-state index contributed by atoms with van der Waals surface area (Å²) in [6, 6.07) is 8.67. The topological polar surface area (TPSA) is 226 Å². The zero-order valence-corrected chi connectivity index (χ0v) is 25.5. The molecule has 0 aromatic heterocycles. The van der Waals surface area contributed by atoms with Gasteiger partial charge in [0.05, 0.1) is 46.6 Å². The van der Waals surface area contributed by atoms with Crippen molar-refractivity contribution in [3.63, 3.8) is 0 Å². The summed E-state index contributed by atoms with van der Waals surface area (Å²) < 4.78 is 40.3. The summed E-state index contributed by atoms with van der Waals surface area (Å²) in [7, 11) is 2.93. The Balaban J connectivity index is 1.40. The van der Waals surface area contributed by atoms with Crippen molar-refractivity contribution >= 4 is 0 Å². The first kappa shape index (κ1) is 34.5. The Kier molecular flexibility index (Phi) is 10.9. The van der Waals surface area contributed by atoms with Gasteiger partial charge in [0.15, 0.2) is 35.4 Å². The number of rotatable bonds is 13. The van der Waals surface area contributed by atoms with Gasteiger partial charge in [-0.05, 0) is 42.2 Å². The molecule has 2 aromatic carbocycles. The molecular formula is C31H42O15. The van der Waals surface area contributed by atoms with Crippen molar-refractivity contribution < 1.29 is 74.0 Å². The van der Waals surface area contributed by atoms with Gasteiger partial charge in [0.1, 0.15) is 36.1 Å². The molecular weight excluding hydrogens is 612 g/mol. The Labute approximate surface area is 265 Å². The molecule has 15 heteroatoms. The Morgan fingerprint density at radius 1 is 0.891 bits per heavy atom. The monoisotopic (exact) mass is 654 g/mol. The number of hydrogen-bond donors (Lipinski definition) is 8. The van der Waals surface area contributed by atoms with Crippen LogP contribution in [0.1, 0.15) is 35.1 Å². The predicted molar refractivity (Wildman–Crippen MR) is 156 cm³/mol. The molecule has 0 saturated carbocycles. The molecule has 10 atom stereocenters. The van der Waals surface area contributed by atoms with Gasteiger partial charge in [-0.25, -0.2) is 0 Å². The number of ether oxygens (including phenoxy) is 7. The van der Waals surface area contributed by atoms with E-state index >= 15 is 0 Å². The van der Waals surface area contributed by atoms with E-state index in [4.69, 9.17) is 33.2 Å². The van der Waals surface area contributed by atoms with Crippen molar-refractivity contribution in [2.24, 2.45) is 0 Å². The molecule has 2 aromatic rings. The van der Waals surface area contributed by atoms with E-state index in [0.29, 0.717) is 29.9 Å². The summed E-state index contributed by atoms with van der Waals surface area (Å²) >= 11 is 0. The third-order valence-electron chi connectivity index (χ3n) is 8.65. The van der Waals surface area contributed by atoms with Gasteiger partial charge in [-0.2, -0.15) is 0 Å². The highest BCUT2D eigenvalue weighted by Gasteiger charge is 2.53. The van der Waals surface area contributed by atoms with Gasteiger partial charge in [-0.1, -0.05) is 12.1 Å². The van der Waals surface area contributed by atoms with Crippen molar-refractivity contribution in [2.75, 3.05) is 47.3 Å². The maximum Gasteiger partial charge on any atom is 0.229 e. The third-order valence-corrected chi connectivity index (χ3v) is 8.65. The fraction of sp³-hybridized carbons (Fsp3) is 0.613. The molecule has 0 spiro atoms. The maximum absolute atomic E-state index is 10.9. The van der Waals surface area contributed by atoms with Crippen molar-refractivity contribution in [1.29, 1.82) is 0 Å². The Bertz CT molecular complexity index is 1330. The Morgan fingerprint density at radius 2 is 1.65 bits per heavy atom. The first-order chi connectivity index (χ1) is 22.1. The van der Waals surface area contributed by atoms with E-state index in [1.807, 2.05) is 12.1 Å². The fourth-order valence-corrected chi connectivity index (χ4v) is 5.97. The van der Waals surface area contributed by atoms with Gasteiger partial charge in [0.25, 0.3) is 0 Å². The Hall–Kier alpha value is -2.80. The lowest BCUT2D eigenvalue weighted by Crippen LogP contribution is -2.62. The average molecular weight is 655 g/mol. The summed E-state index contributed by atoms with van der Waals surface area (Å²) in [6.45, 7) is -2.14. The molecule has 0 radical (unpaired) electrons. The van der Waals surface area contributed by atoms with Crippen LogP contribution in [0.3, 0.4) is 0 Å². The molecule has 2 saturated heterocycles. The van der Waals surface area contributed by atoms with Crippen LogP contribution in [0.15, 0.2) is 30.3 Å². The van der Waals surface area contributed by atoms with Gasteiger partial charge in [-0.15, -0.1) is 0 Å². The molecule has 0 aliphatic carbocycles. The van der Waals surface area contributed by atoms with Crippen LogP contribution >= 0.6 is 0 Å². The molecule has 5 rings (SSSR count). The molecule has 0 bridgehead atoms. The molecule has 256 valence electrons. The third kappa shape index (κ3) is 6.50. The second-order valence-electron chi connectivity index (χ2n) is 11.6.